The second-order valence-electron chi connectivity index (χ2n) is 6.61. The number of carbonyl (C=O) groups excluding carboxylic acids is 2. The van der Waals surface area contributed by atoms with Gasteiger partial charge < -0.3 is 15.4 Å². The lowest BCUT2D eigenvalue weighted by Crippen LogP contribution is -2.14. The van der Waals surface area contributed by atoms with E-state index in [0.29, 0.717) is 35.4 Å². The van der Waals surface area contributed by atoms with Crippen molar-refractivity contribution in [3.63, 3.8) is 0 Å². The van der Waals surface area contributed by atoms with Crippen LogP contribution in [0.4, 0.5) is 17.1 Å². The van der Waals surface area contributed by atoms with E-state index in [-0.39, 0.29) is 11.7 Å². The zero-order valence-electron chi connectivity index (χ0n) is 15.5. The molecule has 0 unspecified atom stereocenters. The van der Waals surface area contributed by atoms with Gasteiger partial charge in [-0.25, -0.2) is 0 Å². The third-order valence-electron chi connectivity index (χ3n) is 4.83. The highest BCUT2D eigenvalue weighted by Gasteiger charge is 2.26. The Labute approximate surface area is 163 Å². The van der Waals surface area contributed by atoms with Crippen LogP contribution < -0.4 is 15.4 Å². The lowest BCUT2D eigenvalue weighted by Gasteiger charge is -2.15. The van der Waals surface area contributed by atoms with Crippen LogP contribution in [-0.2, 0) is 6.42 Å². The number of anilines is 3. The van der Waals surface area contributed by atoms with E-state index in [1.807, 2.05) is 36.4 Å². The van der Waals surface area contributed by atoms with Crippen LogP contribution in [-0.4, -0.2) is 18.8 Å². The quantitative estimate of drug-likeness (QED) is 0.674. The Balaban J connectivity index is 1.64. The lowest BCUT2D eigenvalue weighted by molar-refractivity contribution is 0.0995. The minimum Gasteiger partial charge on any atom is -0.497 e. The van der Waals surface area contributed by atoms with Crippen molar-refractivity contribution in [1.82, 2.24) is 0 Å². The predicted molar refractivity (Wildman–Crippen MR) is 110 cm³/mol. The number of ketones is 1. The second kappa shape index (κ2) is 7.56. The van der Waals surface area contributed by atoms with Gasteiger partial charge in [0.25, 0.3) is 5.91 Å². The Morgan fingerprint density at radius 3 is 2.50 bits per heavy atom. The molecule has 0 radical (unpaired) electrons. The molecular formula is C23H20N2O3. The van der Waals surface area contributed by atoms with Crippen molar-refractivity contribution in [2.75, 3.05) is 17.7 Å². The van der Waals surface area contributed by atoms with Gasteiger partial charge in [0.05, 0.1) is 12.8 Å². The molecule has 0 saturated heterocycles. The molecule has 3 aromatic carbocycles. The summed E-state index contributed by atoms with van der Waals surface area (Å²) in [5.74, 6) is 0.383. The molecule has 1 amide bonds. The fraction of sp³-hybridized carbons (Fsp3) is 0.130. The SMILES string of the molecule is COc1cccc(C(=O)Nc2ccc(Nc3ccccc3)c3c2C(=O)CC3)c1. The average molecular weight is 372 g/mol. The third-order valence-corrected chi connectivity index (χ3v) is 4.83. The number of hydrogen-bond donors (Lipinski definition) is 2. The molecule has 0 fully saturated rings. The number of nitrogens with one attached hydrogen (secondary N) is 2. The molecule has 0 aromatic heterocycles. The molecule has 140 valence electrons. The average Bonchev–Trinajstić information content (AvgIpc) is 3.13. The summed E-state index contributed by atoms with van der Waals surface area (Å²) < 4.78 is 5.18. The smallest absolute Gasteiger partial charge is 0.255 e. The van der Waals surface area contributed by atoms with Crippen molar-refractivity contribution < 1.29 is 14.3 Å². The largest absolute Gasteiger partial charge is 0.497 e. The molecule has 0 atom stereocenters. The minimum atomic E-state index is -0.274. The standard InChI is InChI=1S/C23H20N2O3/c1-28-17-9-5-6-15(14-17)23(27)25-20-12-11-19(18-10-13-21(26)22(18)20)24-16-7-3-2-4-8-16/h2-9,11-12,14,24H,10,13H2,1H3,(H,25,27). The Hall–Kier alpha value is -3.60. The van der Waals surface area contributed by atoms with Crippen molar-refractivity contribution in [2.24, 2.45) is 0 Å². The molecule has 2 N–H and O–H groups in total. The Kier molecular flexibility index (Phi) is 4.81. The highest BCUT2D eigenvalue weighted by Crippen LogP contribution is 2.36. The highest BCUT2D eigenvalue weighted by atomic mass is 16.5. The zero-order valence-corrected chi connectivity index (χ0v) is 15.5. The van der Waals surface area contributed by atoms with Gasteiger partial charge in [0.1, 0.15) is 5.75 Å². The van der Waals surface area contributed by atoms with Crippen LogP contribution in [0.1, 0.15) is 32.7 Å². The molecular weight excluding hydrogens is 352 g/mol. The van der Waals surface area contributed by atoms with Gasteiger partial charge in [-0.05, 0) is 54.4 Å². The number of Topliss-reactive ketones (excluding diaryl/α,β-unsaturated/α-hetero) is 1. The van der Waals surface area contributed by atoms with Crippen molar-refractivity contribution in [2.45, 2.75) is 12.8 Å². The summed E-state index contributed by atoms with van der Waals surface area (Å²) in [4.78, 5) is 25.2. The maximum atomic E-state index is 12.7. The summed E-state index contributed by atoms with van der Waals surface area (Å²) in [6.07, 6.45) is 1.11. The first-order valence-corrected chi connectivity index (χ1v) is 9.12. The highest BCUT2D eigenvalue weighted by molar-refractivity contribution is 6.12. The number of rotatable bonds is 5. The number of ether oxygens (including phenoxy) is 1. The van der Waals surface area contributed by atoms with Gasteiger partial charge in [-0.1, -0.05) is 24.3 Å². The van der Waals surface area contributed by atoms with E-state index in [1.165, 1.54) is 0 Å². The minimum absolute atomic E-state index is 0.0488. The molecule has 0 bridgehead atoms. The number of hydrogen-bond acceptors (Lipinski definition) is 4. The lowest BCUT2D eigenvalue weighted by atomic mass is 10.0. The fourth-order valence-electron chi connectivity index (χ4n) is 3.45. The van der Waals surface area contributed by atoms with E-state index in [1.54, 1.807) is 37.4 Å². The first kappa shape index (κ1) is 17.8. The maximum Gasteiger partial charge on any atom is 0.255 e. The first-order chi connectivity index (χ1) is 13.7. The van der Waals surface area contributed by atoms with Gasteiger partial charge in [-0.2, -0.15) is 0 Å². The van der Waals surface area contributed by atoms with Crippen LogP contribution in [0.3, 0.4) is 0 Å². The number of amides is 1. The molecule has 28 heavy (non-hydrogen) atoms. The molecule has 1 aliphatic rings. The van der Waals surface area contributed by atoms with Gasteiger partial charge in [-0.15, -0.1) is 0 Å². The number of benzene rings is 3. The van der Waals surface area contributed by atoms with Crippen LogP contribution in [0.25, 0.3) is 0 Å². The Morgan fingerprint density at radius 2 is 1.71 bits per heavy atom. The van der Waals surface area contributed by atoms with Crippen LogP contribution >= 0.6 is 0 Å². The second-order valence-corrected chi connectivity index (χ2v) is 6.61. The Morgan fingerprint density at radius 1 is 0.929 bits per heavy atom. The summed E-state index contributed by atoms with van der Waals surface area (Å²) >= 11 is 0. The van der Waals surface area contributed by atoms with E-state index >= 15 is 0 Å². The summed E-state index contributed by atoms with van der Waals surface area (Å²) in [6, 6.07) is 20.4. The van der Waals surface area contributed by atoms with Gasteiger partial charge in [0.2, 0.25) is 0 Å². The summed E-state index contributed by atoms with van der Waals surface area (Å²) in [5.41, 5.74) is 4.41. The normalized spacial score (nSPS) is 12.4. The topological polar surface area (TPSA) is 67.4 Å². The van der Waals surface area contributed by atoms with Crippen molar-refractivity contribution in [1.29, 1.82) is 0 Å². The van der Waals surface area contributed by atoms with Crippen LogP contribution in [0.15, 0.2) is 66.7 Å². The van der Waals surface area contributed by atoms with E-state index in [2.05, 4.69) is 10.6 Å². The molecule has 0 aliphatic heterocycles. The van der Waals surface area contributed by atoms with E-state index in [0.717, 1.165) is 16.9 Å². The van der Waals surface area contributed by atoms with Crippen LogP contribution in [0.5, 0.6) is 5.75 Å². The molecule has 0 spiro atoms. The third kappa shape index (κ3) is 3.47. The van der Waals surface area contributed by atoms with E-state index in [4.69, 9.17) is 4.74 Å². The summed E-state index contributed by atoms with van der Waals surface area (Å²) in [6.45, 7) is 0. The van der Waals surface area contributed by atoms with Gasteiger partial charge in [-0.3, -0.25) is 9.59 Å². The number of methoxy groups -OCH3 is 1. The monoisotopic (exact) mass is 372 g/mol. The molecule has 3 aromatic rings. The number of carbonyl (C=O) groups is 2. The summed E-state index contributed by atoms with van der Waals surface area (Å²) in [7, 11) is 1.56. The van der Waals surface area contributed by atoms with Gasteiger partial charge in [0, 0.05) is 28.9 Å². The number of para-hydroxylation sites is 1. The zero-order chi connectivity index (χ0) is 19.5. The first-order valence-electron chi connectivity index (χ1n) is 9.12. The van der Waals surface area contributed by atoms with E-state index in [9.17, 15) is 9.59 Å². The fourth-order valence-corrected chi connectivity index (χ4v) is 3.45. The number of fused-ring (bicyclic) bond motifs is 1. The summed E-state index contributed by atoms with van der Waals surface area (Å²) in [5, 5.41) is 6.26. The molecule has 4 rings (SSSR count). The Bertz CT molecular complexity index is 1040. The van der Waals surface area contributed by atoms with Gasteiger partial charge in [0.15, 0.2) is 5.78 Å². The maximum absolute atomic E-state index is 12.7. The van der Waals surface area contributed by atoms with Crippen molar-refractivity contribution >= 4 is 28.8 Å². The molecule has 5 nitrogen and oxygen atoms in total. The van der Waals surface area contributed by atoms with Crippen LogP contribution in [0, 0.1) is 0 Å². The van der Waals surface area contributed by atoms with E-state index < -0.39 is 0 Å². The predicted octanol–water partition coefficient (Wildman–Crippen LogP) is 4.82. The van der Waals surface area contributed by atoms with Gasteiger partial charge >= 0.3 is 0 Å². The molecule has 0 saturated carbocycles. The molecule has 1 aliphatic carbocycles. The van der Waals surface area contributed by atoms with Crippen molar-refractivity contribution in [3.05, 3.63) is 83.4 Å². The molecule has 5 heteroatoms. The van der Waals surface area contributed by atoms with Crippen LogP contribution in [0.2, 0.25) is 0 Å². The van der Waals surface area contributed by atoms with Crippen molar-refractivity contribution in [3.8, 4) is 5.75 Å². The molecule has 0 heterocycles.